The van der Waals surface area contributed by atoms with Gasteiger partial charge in [0, 0.05) is 25.5 Å². The van der Waals surface area contributed by atoms with Gasteiger partial charge in [0.15, 0.2) is 0 Å². The number of nitrogens with zero attached hydrogens (tertiary/aromatic N) is 2. The molecule has 0 saturated carbocycles. The predicted molar refractivity (Wildman–Crippen MR) is 58.6 cm³/mol. The van der Waals surface area contributed by atoms with Crippen molar-refractivity contribution in [3.05, 3.63) is 11.9 Å². The van der Waals surface area contributed by atoms with Crippen LogP contribution in [0.2, 0.25) is 0 Å². The summed E-state index contributed by atoms with van der Waals surface area (Å²) in [4.78, 5) is 6.23. The van der Waals surface area contributed by atoms with Gasteiger partial charge in [0.25, 0.3) is 0 Å². The van der Waals surface area contributed by atoms with Crippen molar-refractivity contribution in [2.24, 2.45) is 10.7 Å². The number of hydrogen-bond acceptors (Lipinski definition) is 2. The molecule has 0 radical (unpaired) electrons. The lowest BCUT2D eigenvalue weighted by Crippen LogP contribution is -2.17. The zero-order valence-electron chi connectivity index (χ0n) is 9.17. The van der Waals surface area contributed by atoms with Crippen LogP contribution in [-0.2, 0) is 0 Å². The highest BCUT2D eigenvalue weighted by Crippen LogP contribution is 2.02. The van der Waals surface area contributed by atoms with E-state index in [1.165, 1.54) is 12.8 Å². The largest absolute Gasteiger partial charge is 0.387 e. The van der Waals surface area contributed by atoms with E-state index >= 15 is 0 Å². The van der Waals surface area contributed by atoms with Gasteiger partial charge < -0.3 is 10.6 Å². The van der Waals surface area contributed by atoms with Crippen LogP contribution in [-0.4, -0.2) is 24.3 Å². The minimum absolute atomic E-state index is 0.600. The van der Waals surface area contributed by atoms with Crippen molar-refractivity contribution in [1.29, 1.82) is 0 Å². The molecule has 0 aliphatic carbocycles. The molecule has 0 bridgehead atoms. The van der Waals surface area contributed by atoms with E-state index in [2.05, 4.69) is 23.9 Å². The standard InChI is InChI=1S/C10H21N3/c1-5-6-7-13(4)9(2)8-12-10(3)11/h8H,5-7H2,1-4H3,(H2,11,12)/b9-8+. The van der Waals surface area contributed by atoms with Gasteiger partial charge in [-0.2, -0.15) is 0 Å². The highest BCUT2D eigenvalue weighted by atomic mass is 15.1. The molecular weight excluding hydrogens is 162 g/mol. The Morgan fingerprint density at radius 3 is 2.54 bits per heavy atom. The molecule has 76 valence electrons. The SMILES string of the molecule is CCCCN(C)/C(C)=C/N=C(C)N. The fourth-order valence-electron chi connectivity index (χ4n) is 0.865. The van der Waals surface area contributed by atoms with Crippen LogP contribution < -0.4 is 5.73 Å². The second-order valence-electron chi connectivity index (χ2n) is 3.32. The van der Waals surface area contributed by atoms with E-state index in [9.17, 15) is 0 Å². The quantitative estimate of drug-likeness (QED) is 0.523. The van der Waals surface area contributed by atoms with E-state index in [1.807, 2.05) is 13.1 Å². The Kier molecular flexibility index (Phi) is 6.02. The van der Waals surface area contributed by atoms with Crippen LogP contribution >= 0.6 is 0 Å². The second kappa shape index (κ2) is 6.52. The first-order chi connectivity index (χ1) is 6.07. The summed E-state index contributed by atoms with van der Waals surface area (Å²) in [5, 5.41) is 0. The van der Waals surface area contributed by atoms with Gasteiger partial charge in [0.1, 0.15) is 0 Å². The molecule has 0 unspecified atom stereocenters. The zero-order chi connectivity index (χ0) is 10.3. The Labute approximate surface area is 81.3 Å². The molecule has 2 N–H and O–H groups in total. The number of allylic oxidation sites excluding steroid dienone is 1. The molecule has 0 aliphatic rings. The summed E-state index contributed by atoms with van der Waals surface area (Å²) in [6.45, 7) is 7.10. The molecule has 3 heteroatoms. The summed E-state index contributed by atoms with van der Waals surface area (Å²) in [6, 6.07) is 0. The summed E-state index contributed by atoms with van der Waals surface area (Å²) in [5.74, 6) is 0.600. The topological polar surface area (TPSA) is 41.6 Å². The predicted octanol–water partition coefficient (Wildman–Crippen LogP) is 1.96. The van der Waals surface area contributed by atoms with Crippen LogP contribution in [0, 0.1) is 0 Å². The molecule has 0 aromatic heterocycles. The number of unbranched alkanes of at least 4 members (excludes halogenated alkanes) is 1. The summed E-state index contributed by atoms with van der Waals surface area (Å²) in [6.07, 6.45) is 4.24. The zero-order valence-corrected chi connectivity index (χ0v) is 9.17. The van der Waals surface area contributed by atoms with E-state index in [-0.39, 0.29) is 0 Å². The smallest absolute Gasteiger partial charge is 0.0958 e. The molecule has 0 aromatic carbocycles. The second-order valence-corrected chi connectivity index (χ2v) is 3.32. The molecule has 0 aromatic rings. The van der Waals surface area contributed by atoms with Gasteiger partial charge in [-0.25, -0.2) is 4.99 Å². The van der Waals surface area contributed by atoms with Gasteiger partial charge in [-0.15, -0.1) is 0 Å². The number of nitrogens with two attached hydrogens (primary N) is 1. The minimum atomic E-state index is 0.600. The van der Waals surface area contributed by atoms with E-state index in [1.54, 1.807) is 6.92 Å². The summed E-state index contributed by atoms with van der Waals surface area (Å²) >= 11 is 0. The average molecular weight is 183 g/mol. The van der Waals surface area contributed by atoms with Crippen molar-refractivity contribution >= 4 is 5.84 Å². The highest BCUT2D eigenvalue weighted by molar-refractivity contribution is 5.77. The van der Waals surface area contributed by atoms with E-state index in [4.69, 9.17) is 5.73 Å². The van der Waals surface area contributed by atoms with E-state index in [0.717, 1.165) is 12.2 Å². The molecule has 0 atom stereocenters. The maximum absolute atomic E-state index is 5.43. The van der Waals surface area contributed by atoms with Crippen molar-refractivity contribution < 1.29 is 0 Å². The van der Waals surface area contributed by atoms with Crippen molar-refractivity contribution in [2.75, 3.05) is 13.6 Å². The minimum Gasteiger partial charge on any atom is -0.387 e. The molecule has 0 spiro atoms. The molecule has 0 fully saturated rings. The molecule has 0 heterocycles. The maximum atomic E-state index is 5.43. The molecular formula is C10H21N3. The third-order valence-corrected chi connectivity index (χ3v) is 1.90. The lowest BCUT2D eigenvalue weighted by molar-refractivity contribution is 0.406. The average Bonchev–Trinajstić information content (AvgIpc) is 2.10. The number of rotatable bonds is 5. The van der Waals surface area contributed by atoms with Gasteiger partial charge in [0.05, 0.1) is 5.84 Å². The Bertz CT molecular complexity index is 190. The Hall–Kier alpha value is -0.990. The molecule has 13 heavy (non-hydrogen) atoms. The summed E-state index contributed by atoms with van der Waals surface area (Å²) in [5.41, 5.74) is 6.58. The van der Waals surface area contributed by atoms with E-state index < -0.39 is 0 Å². The van der Waals surface area contributed by atoms with Gasteiger partial charge in [0.2, 0.25) is 0 Å². The number of aliphatic imine (C=N–C) groups is 1. The molecule has 3 nitrogen and oxygen atoms in total. The van der Waals surface area contributed by atoms with Gasteiger partial charge in [-0.05, 0) is 20.3 Å². The fourth-order valence-corrected chi connectivity index (χ4v) is 0.865. The first kappa shape index (κ1) is 12.0. The molecule has 0 saturated heterocycles. The fraction of sp³-hybridized carbons (Fsp3) is 0.700. The molecule has 0 rings (SSSR count). The van der Waals surface area contributed by atoms with Gasteiger partial charge in [-0.1, -0.05) is 13.3 Å². The van der Waals surface area contributed by atoms with Gasteiger partial charge >= 0.3 is 0 Å². The van der Waals surface area contributed by atoms with Crippen molar-refractivity contribution in [1.82, 2.24) is 4.90 Å². The maximum Gasteiger partial charge on any atom is 0.0958 e. The first-order valence-corrected chi connectivity index (χ1v) is 4.75. The highest BCUT2D eigenvalue weighted by Gasteiger charge is 1.96. The van der Waals surface area contributed by atoms with Crippen LogP contribution in [0.1, 0.15) is 33.6 Å². The van der Waals surface area contributed by atoms with Crippen molar-refractivity contribution in [3.63, 3.8) is 0 Å². The normalized spacial score (nSPS) is 13.2. The molecule has 0 amide bonds. The number of hydrogen-bond donors (Lipinski definition) is 1. The monoisotopic (exact) mass is 183 g/mol. The van der Waals surface area contributed by atoms with Crippen molar-refractivity contribution in [2.45, 2.75) is 33.6 Å². The van der Waals surface area contributed by atoms with Crippen LogP contribution in [0.4, 0.5) is 0 Å². The Balaban J connectivity index is 4.00. The van der Waals surface area contributed by atoms with E-state index in [0.29, 0.717) is 5.84 Å². The summed E-state index contributed by atoms with van der Waals surface area (Å²) < 4.78 is 0. The summed E-state index contributed by atoms with van der Waals surface area (Å²) in [7, 11) is 2.07. The van der Waals surface area contributed by atoms with Crippen molar-refractivity contribution in [3.8, 4) is 0 Å². The van der Waals surface area contributed by atoms with Gasteiger partial charge in [-0.3, -0.25) is 0 Å². The van der Waals surface area contributed by atoms with Crippen LogP contribution in [0.25, 0.3) is 0 Å². The van der Waals surface area contributed by atoms with Crippen LogP contribution in [0.5, 0.6) is 0 Å². The van der Waals surface area contributed by atoms with Crippen LogP contribution in [0.3, 0.4) is 0 Å². The Morgan fingerprint density at radius 2 is 2.08 bits per heavy atom. The first-order valence-electron chi connectivity index (χ1n) is 4.75. The lowest BCUT2D eigenvalue weighted by atomic mass is 10.3. The molecule has 0 aliphatic heterocycles. The third-order valence-electron chi connectivity index (χ3n) is 1.90. The Morgan fingerprint density at radius 1 is 1.46 bits per heavy atom. The third kappa shape index (κ3) is 6.20. The van der Waals surface area contributed by atoms with Crippen LogP contribution in [0.15, 0.2) is 16.9 Å². The number of amidine groups is 1. The lowest BCUT2D eigenvalue weighted by Gasteiger charge is -2.18.